The Balaban J connectivity index is 1.87. The van der Waals surface area contributed by atoms with Crippen molar-refractivity contribution in [3.8, 4) is 0 Å². The molecule has 0 spiro atoms. The van der Waals surface area contributed by atoms with E-state index in [-0.39, 0.29) is 5.56 Å². The second-order valence-corrected chi connectivity index (χ2v) is 6.35. The summed E-state index contributed by atoms with van der Waals surface area (Å²) in [4.78, 5) is 22.6. The van der Waals surface area contributed by atoms with Gasteiger partial charge in [0, 0.05) is 23.5 Å². The maximum atomic E-state index is 12.5. The van der Waals surface area contributed by atoms with Gasteiger partial charge in [-0.2, -0.15) is 0 Å². The number of likely N-dealkylation sites (N-methyl/N-ethyl adjacent to an activating group) is 1. The van der Waals surface area contributed by atoms with Gasteiger partial charge < -0.3 is 9.88 Å². The molecule has 5 heteroatoms. The highest BCUT2D eigenvalue weighted by atomic mass is 16.1. The molecule has 0 bridgehead atoms. The zero-order chi connectivity index (χ0) is 17.4. The van der Waals surface area contributed by atoms with Crippen molar-refractivity contribution in [1.29, 1.82) is 0 Å². The average Bonchev–Trinajstić information content (AvgIpc) is 3.01. The molecule has 0 saturated carbocycles. The number of benzene rings is 1. The molecule has 0 unspecified atom stereocenters. The first-order valence-electron chi connectivity index (χ1n) is 8.85. The Morgan fingerprint density at radius 1 is 1.12 bits per heavy atom. The Kier molecular flexibility index (Phi) is 4.01. The van der Waals surface area contributed by atoms with Gasteiger partial charge in [-0.15, -0.1) is 0 Å². The van der Waals surface area contributed by atoms with Crippen molar-refractivity contribution in [3.05, 3.63) is 58.5 Å². The van der Waals surface area contributed by atoms with E-state index >= 15 is 0 Å². The van der Waals surface area contributed by atoms with Crippen molar-refractivity contribution in [2.24, 2.45) is 0 Å². The topological polar surface area (TPSA) is 53.4 Å². The maximum Gasteiger partial charge on any atom is 0.257 e. The number of hydrogen-bond acceptors (Lipinski definition) is 3. The normalized spacial score (nSPS) is 12.0. The van der Waals surface area contributed by atoms with Gasteiger partial charge in [0.05, 0.1) is 0 Å². The molecular weight excluding hydrogens is 312 g/mol. The van der Waals surface area contributed by atoms with Crippen LogP contribution in [0.3, 0.4) is 0 Å². The quantitative estimate of drug-likeness (QED) is 0.610. The largest absolute Gasteiger partial charge is 0.306 e. The zero-order valence-corrected chi connectivity index (χ0v) is 14.6. The number of fused-ring (bicyclic) bond motifs is 5. The molecule has 25 heavy (non-hydrogen) atoms. The standard InChI is InChI=1S/C20H22N4O/c1-3-23(4-2)12-10-14-8-9-15-16(13-14)18-19(22-20(15)25)24-11-6-5-7-17(24)21-18/h5-9,11,13H,3-4,10,12H2,1-2H3,(H,22,25). The highest BCUT2D eigenvalue weighted by Gasteiger charge is 2.12. The molecule has 0 amide bonds. The minimum Gasteiger partial charge on any atom is -0.306 e. The number of aromatic amines is 1. The lowest BCUT2D eigenvalue weighted by atomic mass is 10.1. The molecule has 3 heterocycles. The Morgan fingerprint density at radius 3 is 2.76 bits per heavy atom. The summed E-state index contributed by atoms with van der Waals surface area (Å²) in [5, 5.41) is 1.63. The maximum absolute atomic E-state index is 12.5. The number of hydrogen-bond donors (Lipinski definition) is 1. The van der Waals surface area contributed by atoms with E-state index in [2.05, 4.69) is 35.9 Å². The lowest BCUT2D eigenvalue weighted by Crippen LogP contribution is -2.25. The minimum atomic E-state index is -0.0663. The fourth-order valence-electron chi connectivity index (χ4n) is 3.45. The Labute approximate surface area is 145 Å². The van der Waals surface area contributed by atoms with E-state index in [4.69, 9.17) is 4.98 Å². The van der Waals surface area contributed by atoms with Gasteiger partial charge in [0.1, 0.15) is 16.8 Å². The van der Waals surface area contributed by atoms with Gasteiger partial charge in [-0.05, 0) is 49.3 Å². The summed E-state index contributed by atoms with van der Waals surface area (Å²) in [6, 6.07) is 12.0. The summed E-state index contributed by atoms with van der Waals surface area (Å²) >= 11 is 0. The molecule has 0 aliphatic carbocycles. The van der Waals surface area contributed by atoms with Gasteiger partial charge in [0.2, 0.25) is 0 Å². The first-order valence-corrected chi connectivity index (χ1v) is 8.85. The summed E-state index contributed by atoms with van der Waals surface area (Å²) in [6.07, 6.45) is 2.90. The second-order valence-electron chi connectivity index (χ2n) is 6.35. The van der Waals surface area contributed by atoms with E-state index in [0.717, 1.165) is 48.3 Å². The summed E-state index contributed by atoms with van der Waals surface area (Å²) in [7, 11) is 0. The predicted molar refractivity (Wildman–Crippen MR) is 102 cm³/mol. The smallest absolute Gasteiger partial charge is 0.257 e. The van der Waals surface area contributed by atoms with E-state index in [1.807, 2.05) is 34.9 Å². The molecule has 4 aromatic rings. The van der Waals surface area contributed by atoms with E-state index in [9.17, 15) is 4.79 Å². The molecule has 0 fully saturated rings. The summed E-state index contributed by atoms with van der Waals surface area (Å²) in [5.74, 6) is 0. The molecule has 1 N–H and O–H groups in total. The summed E-state index contributed by atoms with van der Waals surface area (Å²) in [5.41, 5.74) is 3.63. The molecule has 128 valence electrons. The van der Waals surface area contributed by atoms with Crippen molar-refractivity contribution in [2.45, 2.75) is 20.3 Å². The molecule has 5 nitrogen and oxygen atoms in total. The Morgan fingerprint density at radius 2 is 1.96 bits per heavy atom. The summed E-state index contributed by atoms with van der Waals surface area (Å²) < 4.78 is 1.93. The highest BCUT2D eigenvalue weighted by molar-refractivity contribution is 6.03. The van der Waals surface area contributed by atoms with E-state index < -0.39 is 0 Å². The second kappa shape index (κ2) is 6.33. The van der Waals surface area contributed by atoms with Crippen LogP contribution in [0.4, 0.5) is 0 Å². The monoisotopic (exact) mass is 334 g/mol. The fraction of sp³-hybridized carbons (Fsp3) is 0.300. The number of rotatable bonds is 5. The first kappa shape index (κ1) is 15.8. The van der Waals surface area contributed by atoms with Crippen LogP contribution >= 0.6 is 0 Å². The number of pyridine rings is 2. The van der Waals surface area contributed by atoms with Crippen LogP contribution in [0.15, 0.2) is 47.4 Å². The number of nitrogens with one attached hydrogen (secondary N) is 1. The molecule has 4 rings (SSSR count). The molecule has 0 radical (unpaired) electrons. The van der Waals surface area contributed by atoms with Gasteiger partial charge in [0.25, 0.3) is 5.56 Å². The highest BCUT2D eigenvalue weighted by Crippen LogP contribution is 2.23. The van der Waals surface area contributed by atoms with Crippen LogP contribution in [0, 0.1) is 0 Å². The SMILES string of the molecule is CCN(CC)CCc1ccc2c(=O)[nH]c3c(nc4ccccn43)c2c1. The van der Waals surface area contributed by atoms with Crippen LogP contribution in [0.25, 0.3) is 27.6 Å². The lowest BCUT2D eigenvalue weighted by Gasteiger charge is -2.17. The van der Waals surface area contributed by atoms with Crippen LogP contribution in [0.1, 0.15) is 19.4 Å². The van der Waals surface area contributed by atoms with Crippen LogP contribution < -0.4 is 5.56 Å². The third-order valence-electron chi connectivity index (χ3n) is 4.96. The minimum absolute atomic E-state index is 0.0663. The van der Waals surface area contributed by atoms with Crippen molar-refractivity contribution in [1.82, 2.24) is 19.3 Å². The zero-order valence-electron chi connectivity index (χ0n) is 14.6. The van der Waals surface area contributed by atoms with Crippen LogP contribution in [0.5, 0.6) is 0 Å². The van der Waals surface area contributed by atoms with E-state index in [1.54, 1.807) is 0 Å². The molecular formula is C20H22N4O. The van der Waals surface area contributed by atoms with Gasteiger partial charge in [-0.25, -0.2) is 4.98 Å². The number of imidazole rings is 1. The third kappa shape index (κ3) is 2.70. The van der Waals surface area contributed by atoms with E-state index in [0.29, 0.717) is 5.39 Å². The number of aromatic nitrogens is 3. The number of nitrogens with zero attached hydrogens (tertiary/aromatic N) is 3. The molecule has 1 aromatic carbocycles. The van der Waals surface area contributed by atoms with Crippen LogP contribution in [-0.2, 0) is 6.42 Å². The molecule has 0 aliphatic rings. The van der Waals surface area contributed by atoms with Gasteiger partial charge in [-0.3, -0.25) is 9.20 Å². The van der Waals surface area contributed by atoms with Gasteiger partial charge in [-0.1, -0.05) is 26.0 Å². The Bertz CT molecular complexity index is 1110. The summed E-state index contributed by atoms with van der Waals surface area (Å²) in [6.45, 7) is 7.50. The van der Waals surface area contributed by atoms with E-state index in [1.165, 1.54) is 5.56 Å². The fourth-order valence-corrected chi connectivity index (χ4v) is 3.45. The van der Waals surface area contributed by atoms with Crippen molar-refractivity contribution >= 4 is 27.6 Å². The van der Waals surface area contributed by atoms with Gasteiger partial charge in [0.15, 0.2) is 0 Å². The lowest BCUT2D eigenvalue weighted by molar-refractivity contribution is 0.308. The predicted octanol–water partition coefficient (Wildman–Crippen LogP) is 3.21. The number of H-pyrrole nitrogens is 1. The molecule has 3 aromatic heterocycles. The van der Waals surface area contributed by atoms with Gasteiger partial charge >= 0.3 is 0 Å². The first-order chi connectivity index (χ1) is 12.2. The van der Waals surface area contributed by atoms with Crippen molar-refractivity contribution in [2.75, 3.05) is 19.6 Å². The Hall–Kier alpha value is -2.66. The van der Waals surface area contributed by atoms with Crippen molar-refractivity contribution in [3.63, 3.8) is 0 Å². The molecule has 0 aliphatic heterocycles. The molecule has 0 saturated heterocycles. The van der Waals surface area contributed by atoms with Crippen LogP contribution in [-0.4, -0.2) is 38.9 Å². The van der Waals surface area contributed by atoms with Crippen molar-refractivity contribution < 1.29 is 0 Å². The van der Waals surface area contributed by atoms with Crippen LogP contribution in [0.2, 0.25) is 0 Å². The third-order valence-corrected chi connectivity index (χ3v) is 4.96. The molecule has 0 atom stereocenters. The average molecular weight is 334 g/mol.